The molecule has 1 N–H and O–H groups in total. The fourth-order valence-corrected chi connectivity index (χ4v) is 3.71. The van der Waals surface area contributed by atoms with Crippen LogP contribution in [0.1, 0.15) is 25.6 Å². The van der Waals surface area contributed by atoms with Gasteiger partial charge in [-0.05, 0) is 38.8 Å². The second-order valence-corrected chi connectivity index (χ2v) is 6.94. The molecule has 0 spiro atoms. The third-order valence-corrected chi connectivity index (χ3v) is 4.97. The van der Waals surface area contributed by atoms with Crippen LogP contribution in [0.4, 0.5) is 0 Å². The third-order valence-electron chi connectivity index (χ3n) is 4.97. The number of nitrogens with one attached hydrogen (secondary N) is 1. The lowest BCUT2D eigenvalue weighted by Crippen LogP contribution is -2.40. The number of nitrogens with zero attached hydrogens (tertiary/aromatic N) is 4. The summed E-state index contributed by atoms with van der Waals surface area (Å²) in [6, 6.07) is 8.33. The van der Waals surface area contributed by atoms with Gasteiger partial charge in [-0.2, -0.15) is 0 Å². The van der Waals surface area contributed by atoms with Gasteiger partial charge in [-0.3, -0.25) is 4.99 Å². The summed E-state index contributed by atoms with van der Waals surface area (Å²) < 4.78 is 7.60. The van der Waals surface area contributed by atoms with Gasteiger partial charge in [0.2, 0.25) is 0 Å². The van der Waals surface area contributed by atoms with Crippen LogP contribution in [-0.4, -0.2) is 60.3 Å². The number of fused-ring (bicyclic) bond motifs is 1. The van der Waals surface area contributed by atoms with Crippen molar-refractivity contribution in [1.29, 1.82) is 0 Å². The average Bonchev–Trinajstić information content (AvgIpc) is 3.22. The topological polar surface area (TPSA) is 54.7 Å². The zero-order valence-corrected chi connectivity index (χ0v) is 16.2. The number of aryl methyl sites for hydroxylation is 2. The predicted molar refractivity (Wildman–Crippen MR) is 107 cm³/mol. The summed E-state index contributed by atoms with van der Waals surface area (Å²) in [5, 5.41) is 3.44. The van der Waals surface area contributed by atoms with E-state index in [0.717, 1.165) is 63.1 Å². The lowest BCUT2D eigenvalue weighted by molar-refractivity contribution is 0.157. The van der Waals surface area contributed by atoms with Crippen LogP contribution >= 0.6 is 0 Å². The first-order valence-corrected chi connectivity index (χ1v) is 9.67. The van der Waals surface area contributed by atoms with Crippen LogP contribution in [0, 0.1) is 12.8 Å². The number of aliphatic imine (C=N–C) groups is 1. The molecule has 0 aliphatic carbocycles. The van der Waals surface area contributed by atoms with Crippen LogP contribution in [0.25, 0.3) is 11.0 Å². The number of hydrogen-bond donors (Lipinski definition) is 1. The minimum Gasteiger partial charge on any atom is -0.384 e. The minimum atomic E-state index is 0.615. The number of para-hydroxylation sites is 2. The van der Waals surface area contributed by atoms with Gasteiger partial charge in [0.1, 0.15) is 5.82 Å². The number of benzene rings is 1. The van der Waals surface area contributed by atoms with Crippen LogP contribution in [0.2, 0.25) is 0 Å². The highest BCUT2D eigenvalue weighted by molar-refractivity contribution is 5.80. The van der Waals surface area contributed by atoms with E-state index in [9.17, 15) is 0 Å². The van der Waals surface area contributed by atoms with Gasteiger partial charge in [0.25, 0.3) is 0 Å². The Morgan fingerprint density at radius 3 is 3.04 bits per heavy atom. The molecule has 2 aromatic rings. The van der Waals surface area contributed by atoms with E-state index >= 15 is 0 Å². The Morgan fingerprint density at radius 1 is 1.38 bits per heavy atom. The molecule has 1 aliphatic rings. The first-order chi connectivity index (χ1) is 12.7. The van der Waals surface area contributed by atoms with Crippen LogP contribution in [0.5, 0.6) is 0 Å². The zero-order chi connectivity index (χ0) is 18.4. The molecular formula is C20H31N5O. The van der Waals surface area contributed by atoms with Crippen LogP contribution < -0.4 is 5.32 Å². The van der Waals surface area contributed by atoms with Gasteiger partial charge in [0.05, 0.1) is 17.6 Å². The summed E-state index contributed by atoms with van der Waals surface area (Å²) in [4.78, 5) is 11.9. The van der Waals surface area contributed by atoms with Crippen molar-refractivity contribution in [1.82, 2.24) is 19.8 Å². The molecule has 142 valence electrons. The summed E-state index contributed by atoms with van der Waals surface area (Å²) in [6.07, 6.45) is 2.18. The largest absolute Gasteiger partial charge is 0.384 e. The summed E-state index contributed by atoms with van der Waals surface area (Å²) >= 11 is 0. The maximum absolute atomic E-state index is 5.30. The van der Waals surface area contributed by atoms with Gasteiger partial charge in [-0.15, -0.1) is 0 Å². The molecular weight excluding hydrogens is 326 g/mol. The number of likely N-dealkylation sites (tertiary alicyclic amines) is 1. The van der Waals surface area contributed by atoms with Gasteiger partial charge in [0.15, 0.2) is 5.96 Å². The van der Waals surface area contributed by atoms with E-state index in [4.69, 9.17) is 9.73 Å². The number of imidazole rings is 1. The smallest absolute Gasteiger partial charge is 0.193 e. The molecule has 1 unspecified atom stereocenters. The van der Waals surface area contributed by atoms with Gasteiger partial charge >= 0.3 is 0 Å². The van der Waals surface area contributed by atoms with Crippen molar-refractivity contribution in [2.45, 2.75) is 33.2 Å². The van der Waals surface area contributed by atoms with E-state index < -0.39 is 0 Å². The summed E-state index contributed by atoms with van der Waals surface area (Å²) in [7, 11) is 1.78. The quantitative estimate of drug-likeness (QED) is 0.470. The van der Waals surface area contributed by atoms with E-state index in [0.29, 0.717) is 5.92 Å². The Bertz CT molecular complexity index is 739. The first kappa shape index (κ1) is 18.7. The number of aromatic nitrogens is 2. The average molecular weight is 358 g/mol. The maximum Gasteiger partial charge on any atom is 0.193 e. The van der Waals surface area contributed by atoms with Crippen LogP contribution in [0.3, 0.4) is 0 Å². The number of ether oxygens (including phenoxy) is 1. The molecule has 3 rings (SSSR count). The molecule has 1 fully saturated rings. The molecule has 6 heteroatoms. The number of rotatable bonds is 7. The van der Waals surface area contributed by atoms with Crippen molar-refractivity contribution in [3.63, 3.8) is 0 Å². The van der Waals surface area contributed by atoms with Crippen molar-refractivity contribution >= 4 is 17.0 Å². The standard InChI is InChI=1S/C20H31N5O/c1-4-21-20(24-13-10-17(14-24)15-26-3)22-11-7-12-25-16(2)23-18-8-5-6-9-19(18)25/h5-6,8-9,17H,4,7,10-15H2,1-3H3,(H,21,22). The van der Waals surface area contributed by atoms with E-state index in [-0.39, 0.29) is 0 Å². The van der Waals surface area contributed by atoms with Crippen LogP contribution in [0.15, 0.2) is 29.3 Å². The van der Waals surface area contributed by atoms with Crippen molar-refractivity contribution in [3.05, 3.63) is 30.1 Å². The van der Waals surface area contributed by atoms with Crippen molar-refractivity contribution < 1.29 is 4.74 Å². The van der Waals surface area contributed by atoms with Crippen molar-refractivity contribution in [2.24, 2.45) is 10.9 Å². The molecule has 0 saturated carbocycles. The number of hydrogen-bond acceptors (Lipinski definition) is 3. The molecule has 2 heterocycles. The van der Waals surface area contributed by atoms with Crippen LogP contribution in [-0.2, 0) is 11.3 Å². The Balaban J connectivity index is 1.57. The fourth-order valence-electron chi connectivity index (χ4n) is 3.71. The summed E-state index contributed by atoms with van der Waals surface area (Å²) in [5.41, 5.74) is 2.28. The minimum absolute atomic E-state index is 0.615. The maximum atomic E-state index is 5.30. The third kappa shape index (κ3) is 4.36. The Labute approximate surface area is 156 Å². The Kier molecular flexibility index (Phi) is 6.50. The van der Waals surface area contributed by atoms with E-state index in [1.807, 2.05) is 6.07 Å². The molecule has 1 saturated heterocycles. The lowest BCUT2D eigenvalue weighted by atomic mass is 10.1. The fraction of sp³-hybridized carbons (Fsp3) is 0.600. The molecule has 1 aromatic carbocycles. The predicted octanol–water partition coefficient (Wildman–Crippen LogP) is 2.67. The molecule has 6 nitrogen and oxygen atoms in total. The highest BCUT2D eigenvalue weighted by atomic mass is 16.5. The van der Waals surface area contributed by atoms with Gasteiger partial charge in [0, 0.05) is 45.8 Å². The van der Waals surface area contributed by atoms with Crippen molar-refractivity contribution in [3.8, 4) is 0 Å². The lowest BCUT2D eigenvalue weighted by Gasteiger charge is -2.21. The van der Waals surface area contributed by atoms with E-state index in [2.05, 4.69) is 51.8 Å². The Hall–Kier alpha value is -2.08. The molecule has 0 amide bonds. The van der Waals surface area contributed by atoms with Gasteiger partial charge in [-0.1, -0.05) is 12.1 Å². The highest BCUT2D eigenvalue weighted by Gasteiger charge is 2.24. The SMILES string of the molecule is CCNC(=NCCCn1c(C)nc2ccccc21)N1CCC(COC)C1. The first-order valence-electron chi connectivity index (χ1n) is 9.67. The monoisotopic (exact) mass is 357 g/mol. The van der Waals surface area contributed by atoms with E-state index in [1.54, 1.807) is 7.11 Å². The number of methoxy groups -OCH3 is 1. The van der Waals surface area contributed by atoms with Crippen molar-refractivity contribution in [2.75, 3.05) is 39.9 Å². The highest BCUT2D eigenvalue weighted by Crippen LogP contribution is 2.17. The Morgan fingerprint density at radius 2 is 2.23 bits per heavy atom. The zero-order valence-electron chi connectivity index (χ0n) is 16.2. The van der Waals surface area contributed by atoms with Gasteiger partial charge < -0.3 is 19.5 Å². The summed E-state index contributed by atoms with van der Waals surface area (Å²) in [5.74, 6) is 2.73. The molecule has 1 aromatic heterocycles. The molecule has 0 radical (unpaired) electrons. The number of guanidine groups is 1. The van der Waals surface area contributed by atoms with E-state index in [1.165, 1.54) is 11.9 Å². The second kappa shape index (κ2) is 9.03. The normalized spacial score (nSPS) is 18.0. The molecule has 1 aliphatic heterocycles. The van der Waals surface area contributed by atoms with Gasteiger partial charge in [-0.25, -0.2) is 4.98 Å². The molecule has 0 bridgehead atoms. The molecule has 26 heavy (non-hydrogen) atoms. The molecule has 1 atom stereocenters. The second-order valence-electron chi connectivity index (χ2n) is 6.94. The summed E-state index contributed by atoms with van der Waals surface area (Å²) in [6.45, 7) is 9.79.